The second kappa shape index (κ2) is 10.3. The van der Waals surface area contributed by atoms with Crippen LogP contribution >= 0.6 is 0 Å². The molecular weight excluding hydrogens is 470 g/mol. The summed E-state index contributed by atoms with van der Waals surface area (Å²) in [5.74, 6) is 0.280. The van der Waals surface area contributed by atoms with E-state index in [1.165, 1.54) is 21.4 Å². The Hall–Kier alpha value is -2.96. The Labute approximate surface area is 206 Å². The van der Waals surface area contributed by atoms with Crippen LogP contribution in [0, 0.1) is 17.2 Å². The average Bonchev–Trinajstić information content (AvgIpc) is 3.28. The van der Waals surface area contributed by atoms with Gasteiger partial charge in [-0.1, -0.05) is 12.1 Å². The second-order valence-corrected chi connectivity index (χ2v) is 11.2. The smallest absolute Gasteiger partial charge is 0.324 e. The third-order valence-electron chi connectivity index (χ3n) is 6.72. The summed E-state index contributed by atoms with van der Waals surface area (Å²) < 4.78 is 34.3. The van der Waals surface area contributed by atoms with Crippen LogP contribution in [0.5, 0.6) is 0 Å². The highest BCUT2D eigenvalue weighted by atomic mass is 32.2. The van der Waals surface area contributed by atoms with Crippen molar-refractivity contribution in [3.05, 3.63) is 42.4 Å². The van der Waals surface area contributed by atoms with E-state index in [0.29, 0.717) is 63.4 Å². The van der Waals surface area contributed by atoms with E-state index >= 15 is 0 Å². The molecule has 0 bridgehead atoms. The molecule has 12 heteroatoms. The maximum atomic E-state index is 13.5. The van der Waals surface area contributed by atoms with Crippen molar-refractivity contribution < 1.29 is 17.9 Å². The Morgan fingerprint density at radius 2 is 1.97 bits per heavy atom. The van der Waals surface area contributed by atoms with Crippen LogP contribution in [0.2, 0.25) is 0 Å². The van der Waals surface area contributed by atoms with Gasteiger partial charge in [0.2, 0.25) is 0 Å². The lowest BCUT2D eigenvalue weighted by molar-refractivity contribution is 0.105. The molecule has 1 atom stereocenters. The van der Waals surface area contributed by atoms with Crippen molar-refractivity contribution in [2.75, 3.05) is 51.3 Å². The largest absolute Gasteiger partial charge is 0.384 e. The van der Waals surface area contributed by atoms with E-state index in [9.17, 15) is 13.2 Å². The molecule has 0 radical (unpaired) electrons. The summed E-state index contributed by atoms with van der Waals surface area (Å²) in [7, 11) is -0.266. The molecule has 3 N–H and O–H groups in total. The maximum absolute atomic E-state index is 13.5. The van der Waals surface area contributed by atoms with Gasteiger partial charge in [0.15, 0.2) is 5.03 Å². The summed E-state index contributed by atoms with van der Waals surface area (Å²) in [6.45, 7) is 3.00. The van der Waals surface area contributed by atoms with Crippen molar-refractivity contribution in [1.29, 1.82) is 5.41 Å². The van der Waals surface area contributed by atoms with Gasteiger partial charge in [0.25, 0.3) is 10.0 Å². The Bertz CT molecular complexity index is 1170. The Kier molecular flexibility index (Phi) is 7.43. The highest BCUT2D eigenvalue weighted by molar-refractivity contribution is 7.89. The van der Waals surface area contributed by atoms with E-state index in [-0.39, 0.29) is 28.7 Å². The van der Waals surface area contributed by atoms with E-state index in [0.717, 1.165) is 0 Å². The molecule has 4 rings (SSSR count). The van der Waals surface area contributed by atoms with Gasteiger partial charge < -0.3 is 19.9 Å². The predicted molar refractivity (Wildman–Crippen MR) is 132 cm³/mol. The molecule has 2 aliphatic rings. The third kappa shape index (κ3) is 5.34. The van der Waals surface area contributed by atoms with Gasteiger partial charge in [0.05, 0.1) is 19.1 Å². The summed E-state index contributed by atoms with van der Waals surface area (Å²) in [6.07, 6.45) is 4.21. The molecule has 2 saturated heterocycles. The molecule has 2 aromatic rings. The normalized spacial score (nSPS) is 20.4. The highest BCUT2D eigenvalue weighted by Gasteiger charge is 2.36. The Morgan fingerprint density at radius 3 is 2.60 bits per heavy atom. The second-order valence-electron chi connectivity index (χ2n) is 9.27. The maximum Gasteiger partial charge on any atom is 0.324 e. The lowest BCUT2D eigenvalue weighted by atomic mass is 9.96. The number of sulfonamides is 1. The molecule has 35 heavy (non-hydrogen) atoms. The summed E-state index contributed by atoms with van der Waals surface area (Å²) in [5, 5.41) is 7.91. The number of aromatic nitrogens is 2. The van der Waals surface area contributed by atoms with Gasteiger partial charge in [-0.3, -0.25) is 10.3 Å². The molecule has 2 fully saturated rings. The molecule has 2 aliphatic heterocycles. The van der Waals surface area contributed by atoms with Crippen molar-refractivity contribution in [1.82, 2.24) is 18.8 Å². The lowest BCUT2D eigenvalue weighted by Gasteiger charge is -2.42. The summed E-state index contributed by atoms with van der Waals surface area (Å²) >= 11 is 0. The van der Waals surface area contributed by atoms with Crippen molar-refractivity contribution in [3.63, 3.8) is 0 Å². The number of nitrogen functional groups attached to an aromatic ring is 1. The van der Waals surface area contributed by atoms with E-state index < -0.39 is 10.0 Å². The standard InChI is InChI=1S/C23H33N7O4S/c1-27-16-26-11-21(27)35(32,33)29-8-6-17(7-9-29)12-28-13-18(15-34-2)14-30(23(28)31)20-5-3-4-19(10-20)22(24)25/h3-5,10-11,16-18H,6-9,12-15H2,1-2H3,(H3,24,25). The molecule has 3 heterocycles. The number of nitrogens with one attached hydrogen (secondary N) is 1. The topological polar surface area (TPSA) is 138 Å². The fourth-order valence-electron chi connectivity index (χ4n) is 4.88. The number of urea groups is 1. The third-order valence-corrected chi connectivity index (χ3v) is 8.69. The number of carbonyl (C=O) groups is 1. The quantitative estimate of drug-likeness (QED) is 0.412. The first-order chi connectivity index (χ1) is 16.7. The summed E-state index contributed by atoms with van der Waals surface area (Å²) in [4.78, 5) is 21.0. The zero-order valence-electron chi connectivity index (χ0n) is 20.1. The number of amidine groups is 1. The summed E-state index contributed by atoms with van der Waals surface area (Å²) in [5.41, 5.74) is 6.92. The van der Waals surface area contributed by atoms with Gasteiger partial charge in [0, 0.05) is 64.0 Å². The van der Waals surface area contributed by atoms with Gasteiger partial charge in [-0.25, -0.2) is 18.2 Å². The SMILES string of the molecule is COCC1CN(CC2CCN(S(=O)(=O)c3cncn3C)CC2)C(=O)N(c2cccc(C(=N)N)c2)C1. The van der Waals surface area contributed by atoms with Crippen molar-refractivity contribution in [2.24, 2.45) is 24.6 Å². The predicted octanol–water partition coefficient (Wildman–Crippen LogP) is 1.31. The van der Waals surface area contributed by atoms with E-state index in [1.54, 1.807) is 37.3 Å². The van der Waals surface area contributed by atoms with Crippen LogP contribution in [-0.2, 0) is 21.8 Å². The Morgan fingerprint density at radius 1 is 1.23 bits per heavy atom. The molecule has 2 amide bonds. The number of anilines is 1. The minimum Gasteiger partial charge on any atom is -0.384 e. The van der Waals surface area contributed by atoms with E-state index in [1.807, 2.05) is 11.0 Å². The van der Waals surface area contributed by atoms with Crippen LogP contribution in [-0.4, -0.2) is 85.5 Å². The van der Waals surface area contributed by atoms with Crippen LogP contribution in [0.4, 0.5) is 10.5 Å². The molecule has 1 aromatic heterocycles. The highest BCUT2D eigenvalue weighted by Crippen LogP contribution is 2.28. The number of piperidine rings is 1. The Balaban J connectivity index is 1.44. The monoisotopic (exact) mass is 503 g/mol. The molecule has 0 saturated carbocycles. The molecule has 1 aromatic carbocycles. The molecule has 0 aliphatic carbocycles. The van der Waals surface area contributed by atoms with Crippen molar-refractivity contribution in [3.8, 4) is 0 Å². The first kappa shape index (κ1) is 25.1. The van der Waals surface area contributed by atoms with Crippen molar-refractivity contribution in [2.45, 2.75) is 17.9 Å². The van der Waals surface area contributed by atoms with E-state index in [2.05, 4.69) is 4.98 Å². The van der Waals surface area contributed by atoms with Crippen LogP contribution in [0.3, 0.4) is 0 Å². The zero-order valence-corrected chi connectivity index (χ0v) is 20.9. The number of nitrogens with two attached hydrogens (primary N) is 1. The first-order valence-electron chi connectivity index (χ1n) is 11.7. The number of methoxy groups -OCH3 is 1. The van der Waals surface area contributed by atoms with Crippen molar-refractivity contribution >= 4 is 27.6 Å². The molecule has 11 nitrogen and oxygen atoms in total. The molecule has 1 unspecified atom stereocenters. The average molecular weight is 504 g/mol. The minimum atomic E-state index is -3.59. The minimum absolute atomic E-state index is 0.0468. The number of ether oxygens (including phenoxy) is 1. The van der Waals surface area contributed by atoms with Gasteiger partial charge in [0.1, 0.15) is 5.84 Å². The van der Waals surface area contributed by atoms with Crippen LogP contribution in [0.1, 0.15) is 18.4 Å². The van der Waals surface area contributed by atoms with Crippen LogP contribution in [0.25, 0.3) is 0 Å². The number of carbonyl (C=O) groups excluding carboxylic acids is 1. The van der Waals surface area contributed by atoms with Gasteiger partial charge in [-0.05, 0) is 30.9 Å². The van der Waals surface area contributed by atoms with E-state index in [4.69, 9.17) is 15.9 Å². The number of aryl methyl sites for hydroxylation is 1. The zero-order chi connectivity index (χ0) is 25.2. The van der Waals surface area contributed by atoms with Gasteiger partial charge >= 0.3 is 6.03 Å². The number of hydrogen-bond donors (Lipinski definition) is 2. The number of hydrogen-bond acceptors (Lipinski definition) is 6. The fourth-order valence-corrected chi connectivity index (χ4v) is 6.44. The van der Waals surface area contributed by atoms with Crippen LogP contribution < -0.4 is 10.6 Å². The number of nitrogens with zero attached hydrogens (tertiary/aromatic N) is 5. The molecule has 190 valence electrons. The molecule has 0 spiro atoms. The van der Waals surface area contributed by atoms with Gasteiger partial charge in [-0.2, -0.15) is 4.31 Å². The molecular formula is C23H33N7O4S. The first-order valence-corrected chi connectivity index (χ1v) is 13.1. The van der Waals surface area contributed by atoms with Crippen LogP contribution in [0.15, 0.2) is 41.8 Å². The summed E-state index contributed by atoms with van der Waals surface area (Å²) in [6, 6.07) is 7.05. The number of benzene rings is 1. The number of amides is 2. The number of rotatable bonds is 8. The van der Waals surface area contributed by atoms with Gasteiger partial charge in [-0.15, -0.1) is 0 Å². The number of imidazole rings is 1. The lowest BCUT2D eigenvalue weighted by Crippen LogP contribution is -2.56. The fraction of sp³-hybridized carbons (Fsp3) is 0.522.